The number of benzene rings is 1. The zero-order chi connectivity index (χ0) is 20.7. The maximum absolute atomic E-state index is 13.3. The number of sulfone groups is 1. The van der Waals surface area contributed by atoms with E-state index in [9.17, 15) is 22.7 Å². The molecule has 1 aliphatic rings. The van der Waals surface area contributed by atoms with Gasteiger partial charge in [-0.05, 0) is 37.5 Å². The number of aromatic amines is 1. The van der Waals surface area contributed by atoms with Gasteiger partial charge in [0.05, 0.1) is 22.1 Å². The van der Waals surface area contributed by atoms with Crippen LogP contribution in [0.1, 0.15) is 41.2 Å². The number of aliphatic hydroxyl groups is 1. The van der Waals surface area contributed by atoms with Gasteiger partial charge in [-0.15, -0.1) is 0 Å². The summed E-state index contributed by atoms with van der Waals surface area (Å²) in [5, 5.41) is 19.6. The quantitative estimate of drug-likeness (QED) is 0.572. The van der Waals surface area contributed by atoms with E-state index in [2.05, 4.69) is 15.5 Å². The highest BCUT2D eigenvalue weighted by atomic mass is 35.5. The van der Waals surface area contributed by atoms with Crippen molar-refractivity contribution in [3.8, 4) is 0 Å². The Bertz CT molecular complexity index is 1030. The monoisotopic (exact) mass is 430 g/mol. The minimum atomic E-state index is -3.36. The lowest BCUT2D eigenvalue weighted by molar-refractivity contribution is 0.0697. The first kappa shape index (κ1) is 20.6. The fraction of sp³-hybridized carbons (Fsp3) is 0.412. The highest BCUT2D eigenvalue weighted by Gasteiger charge is 2.42. The van der Waals surface area contributed by atoms with Crippen LogP contribution in [0.25, 0.3) is 0 Å². The van der Waals surface area contributed by atoms with E-state index in [4.69, 9.17) is 17.3 Å². The van der Waals surface area contributed by atoms with Gasteiger partial charge in [-0.2, -0.15) is 5.10 Å². The number of nitrogen functional groups attached to an aromatic ring is 1. The number of nitrogens with zero attached hydrogens (tertiary/aromatic N) is 1. The number of hydrogen-bond acceptors (Lipinski definition) is 6. The molecule has 1 amide bonds. The predicted molar refractivity (Wildman–Crippen MR) is 104 cm³/mol. The van der Waals surface area contributed by atoms with Crippen LogP contribution in [0.4, 0.5) is 15.9 Å². The number of hydrogen-bond donors (Lipinski definition) is 4. The molecule has 2 unspecified atom stereocenters. The maximum Gasteiger partial charge on any atom is 0.261 e. The van der Waals surface area contributed by atoms with Crippen molar-refractivity contribution in [2.24, 2.45) is 0 Å². The molecule has 2 atom stereocenters. The second kappa shape index (κ2) is 7.34. The van der Waals surface area contributed by atoms with Gasteiger partial charge in [-0.1, -0.05) is 11.6 Å². The molecule has 2 aromatic rings. The lowest BCUT2D eigenvalue weighted by atomic mass is 9.96. The summed E-state index contributed by atoms with van der Waals surface area (Å²) in [6.07, 6.45) is 1.97. The third kappa shape index (κ3) is 4.45. The molecule has 0 saturated heterocycles. The third-order valence-corrected chi connectivity index (χ3v) is 6.10. The van der Waals surface area contributed by atoms with Crippen molar-refractivity contribution in [2.75, 3.05) is 23.1 Å². The molecule has 5 N–H and O–H groups in total. The summed E-state index contributed by atoms with van der Waals surface area (Å²) in [7, 11) is -3.36. The Labute approximate surface area is 166 Å². The number of rotatable bonds is 5. The van der Waals surface area contributed by atoms with Crippen LogP contribution < -0.4 is 11.1 Å². The highest BCUT2D eigenvalue weighted by molar-refractivity contribution is 7.90. The summed E-state index contributed by atoms with van der Waals surface area (Å²) < 4.78 is 36.4. The number of anilines is 2. The molecule has 28 heavy (non-hydrogen) atoms. The van der Waals surface area contributed by atoms with E-state index in [0.717, 1.165) is 12.3 Å². The van der Waals surface area contributed by atoms with E-state index in [-0.39, 0.29) is 46.6 Å². The Morgan fingerprint density at radius 3 is 2.89 bits per heavy atom. The zero-order valence-electron chi connectivity index (χ0n) is 15.0. The van der Waals surface area contributed by atoms with E-state index in [1.807, 2.05) is 0 Å². The van der Waals surface area contributed by atoms with Crippen molar-refractivity contribution >= 4 is 38.9 Å². The Morgan fingerprint density at radius 2 is 2.25 bits per heavy atom. The van der Waals surface area contributed by atoms with Gasteiger partial charge in [-0.25, -0.2) is 12.8 Å². The van der Waals surface area contributed by atoms with Crippen molar-refractivity contribution < 1.29 is 22.7 Å². The minimum absolute atomic E-state index is 0.0285. The second-order valence-electron chi connectivity index (χ2n) is 7.21. The molecule has 1 aliphatic carbocycles. The van der Waals surface area contributed by atoms with E-state index in [1.54, 1.807) is 0 Å². The normalized spacial score (nSPS) is 22.4. The predicted octanol–water partition coefficient (Wildman–Crippen LogP) is 2.08. The van der Waals surface area contributed by atoms with E-state index >= 15 is 0 Å². The van der Waals surface area contributed by atoms with Gasteiger partial charge in [0, 0.05) is 17.9 Å². The van der Waals surface area contributed by atoms with E-state index < -0.39 is 27.2 Å². The molecule has 152 valence electrons. The summed E-state index contributed by atoms with van der Waals surface area (Å²) in [5.41, 5.74) is 5.28. The number of carbonyl (C=O) groups is 1. The first-order chi connectivity index (χ1) is 13.0. The number of nitrogens with one attached hydrogen (secondary N) is 2. The average molecular weight is 431 g/mol. The summed E-state index contributed by atoms with van der Waals surface area (Å²) in [4.78, 5) is 12.7. The fourth-order valence-corrected chi connectivity index (χ4v) is 5.06. The Balaban J connectivity index is 1.82. The average Bonchev–Trinajstić information content (AvgIpc) is 3.12. The number of amides is 1. The van der Waals surface area contributed by atoms with Crippen molar-refractivity contribution in [3.63, 3.8) is 0 Å². The molecule has 1 saturated carbocycles. The standard InChI is InChI=1S/C17H20ClFN4O4S/c1-28(26,27)8-17(25)5-4-9(7-17)14-13(15(20)23-22-14)16(24)21-10-2-3-12(19)11(18)6-10/h2-3,6,9,25H,4-5,7-8H2,1H3,(H,21,24)(H3,20,22,23). The lowest BCUT2D eigenvalue weighted by Crippen LogP contribution is -2.34. The number of carbonyl (C=O) groups excluding carboxylic acids is 1. The lowest BCUT2D eigenvalue weighted by Gasteiger charge is -2.21. The Kier molecular flexibility index (Phi) is 5.39. The topological polar surface area (TPSA) is 138 Å². The van der Waals surface area contributed by atoms with Crippen LogP contribution in [0.2, 0.25) is 5.02 Å². The van der Waals surface area contributed by atoms with Crippen molar-refractivity contribution in [3.05, 3.63) is 40.3 Å². The van der Waals surface area contributed by atoms with Crippen LogP contribution in [-0.2, 0) is 9.84 Å². The van der Waals surface area contributed by atoms with Gasteiger partial charge in [0.1, 0.15) is 21.2 Å². The molecular weight excluding hydrogens is 411 g/mol. The first-order valence-corrected chi connectivity index (χ1v) is 10.9. The molecule has 1 aromatic carbocycles. The SMILES string of the molecule is CS(=O)(=O)CC1(O)CCC(c2[nH]nc(N)c2C(=O)Nc2ccc(F)c(Cl)c2)C1. The van der Waals surface area contributed by atoms with Crippen molar-refractivity contribution in [2.45, 2.75) is 30.8 Å². The molecule has 8 nitrogen and oxygen atoms in total. The van der Waals surface area contributed by atoms with E-state index in [0.29, 0.717) is 12.1 Å². The number of aromatic nitrogens is 2. The van der Waals surface area contributed by atoms with Gasteiger partial charge in [-0.3, -0.25) is 9.89 Å². The third-order valence-electron chi connectivity index (χ3n) is 4.75. The highest BCUT2D eigenvalue weighted by Crippen LogP contribution is 2.42. The zero-order valence-corrected chi connectivity index (χ0v) is 16.6. The second-order valence-corrected chi connectivity index (χ2v) is 9.76. The van der Waals surface area contributed by atoms with Crippen LogP contribution >= 0.6 is 11.6 Å². The summed E-state index contributed by atoms with van der Waals surface area (Å²) in [5.74, 6) is -1.87. The van der Waals surface area contributed by atoms with E-state index in [1.165, 1.54) is 12.1 Å². The molecule has 0 radical (unpaired) electrons. The first-order valence-electron chi connectivity index (χ1n) is 8.48. The minimum Gasteiger partial charge on any atom is -0.389 e. The van der Waals surface area contributed by atoms with Gasteiger partial charge in [0.25, 0.3) is 5.91 Å². The van der Waals surface area contributed by atoms with Crippen LogP contribution in [-0.4, -0.2) is 47.2 Å². The largest absolute Gasteiger partial charge is 0.389 e. The van der Waals surface area contributed by atoms with Gasteiger partial charge in [0.15, 0.2) is 5.82 Å². The molecule has 0 bridgehead atoms. The summed E-state index contributed by atoms with van der Waals surface area (Å²) in [6.45, 7) is 0. The maximum atomic E-state index is 13.3. The van der Waals surface area contributed by atoms with Crippen molar-refractivity contribution in [1.82, 2.24) is 10.2 Å². The smallest absolute Gasteiger partial charge is 0.261 e. The Morgan fingerprint density at radius 1 is 1.54 bits per heavy atom. The Hall–Kier alpha value is -2.17. The fourth-order valence-electron chi connectivity index (χ4n) is 3.64. The molecular formula is C17H20ClFN4O4S. The summed E-state index contributed by atoms with van der Waals surface area (Å²) in [6, 6.07) is 3.75. The van der Waals surface area contributed by atoms with Crippen LogP contribution in [0.3, 0.4) is 0 Å². The van der Waals surface area contributed by atoms with Crippen LogP contribution in [0, 0.1) is 5.82 Å². The molecule has 0 aliphatic heterocycles. The van der Waals surface area contributed by atoms with Crippen LogP contribution in [0.15, 0.2) is 18.2 Å². The van der Waals surface area contributed by atoms with Crippen LogP contribution in [0.5, 0.6) is 0 Å². The molecule has 1 heterocycles. The number of halogens is 2. The number of H-pyrrole nitrogens is 1. The number of nitrogens with two attached hydrogens (primary N) is 1. The molecule has 3 rings (SSSR count). The van der Waals surface area contributed by atoms with Gasteiger partial charge < -0.3 is 16.2 Å². The molecule has 1 fully saturated rings. The van der Waals surface area contributed by atoms with Gasteiger partial charge >= 0.3 is 0 Å². The van der Waals surface area contributed by atoms with Gasteiger partial charge in [0.2, 0.25) is 0 Å². The van der Waals surface area contributed by atoms with Crippen molar-refractivity contribution in [1.29, 1.82) is 0 Å². The molecule has 0 spiro atoms. The molecule has 11 heteroatoms. The summed E-state index contributed by atoms with van der Waals surface area (Å²) >= 11 is 5.73. The molecule has 1 aromatic heterocycles.